The maximum Gasteiger partial charge on any atom is 0.337 e. The molecule has 1 saturated heterocycles. The largest absolute Gasteiger partial charge is 0.465 e. The van der Waals surface area contributed by atoms with E-state index in [2.05, 4.69) is 15.7 Å². The first-order valence-electron chi connectivity index (χ1n) is 6.85. The summed E-state index contributed by atoms with van der Waals surface area (Å²) in [4.78, 5) is 13.8. The molecule has 1 aliphatic heterocycles. The van der Waals surface area contributed by atoms with Gasteiger partial charge in [0, 0.05) is 19.6 Å². The summed E-state index contributed by atoms with van der Waals surface area (Å²) in [7, 11) is 1.40. The van der Waals surface area contributed by atoms with Crippen LogP contribution < -0.4 is 0 Å². The highest BCUT2D eigenvalue weighted by atomic mass is 16.5. The van der Waals surface area contributed by atoms with Crippen LogP contribution in [0.5, 0.6) is 0 Å². The minimum Gasteiger partial charge on any atom is -0.465 e. The van der Waals surface area contributed by atoms with Gasteiger partial charge in [0.15, 0.2) is 0 Å². The van der Waals surface area contributed by atoms with Crippen LogP contribution in [0.1, 0.15) is 28.8 Å². The molecule has 2 fully saturated rings. The van der Waals surface area contributed by atoms with Crippen molar-refractivity contribution in [3.63, 3.8) is 0 Å². The van der Waals surface area contributed by atoms with Crippen molar-refractivity contribution in [1.82, 2.24) is 4.90 Å². The van der Waals surface area contributed by atoms with E-state index in [9.17, 15) is 4.79 Å². The Bertz CT molecular complexity index is 492. The van der Waals surface area contributed by atoms with Crippen molar-refractivity contribution in [1.29, 1.82) is 0 Å². The zero-order chi connectivity index (χ0) is 13.2. The molecule has 0 bridgehead atoms. The molecule has 0 N–H and O–H groups in total. The second-order valence-corrected chi connectivity index (χ2v) is 5.53. The topological polar surface area (TPSA) is 29.5 Å². The van der Waals surface area contributed by atoms with Crippen LogP contribution in [-0.4, -0.2) is 37.6 Å². The fourth-order valence-corrected chi connectivity index (χ4v) is 2.48. The number of hydrogen-bond acceptors (Lipinski definition) is 3. The van der Waals surface area contributed by atoms with Gasteiger partial charge < -0.3 is 4.74 Å². The first kappa shape index (κ1) is 12.4. The maximum absolute atomic E-state index is 11.3. The van der Waals surface area contributed by atoms with E-state index in [1.54, 1.807) is 0 Å². The number of rotatable bonds is 4. The number of carbonyl (C=O) groups is 1. The van der Waals surface area contributed by atoms with Crippen LogP contribution in [0.4, 0.5) is 0 Å². The van der Waals surface area contributed by atoms with Crippen molar-refractivity contribution in [2.24, 2.45) is 5.92 Å². The third-order valence-electron chi connectivity index (χ3n) is 3.77. The molecule has 1 aromatic rings. The van der Waals surface area contributed by atoms with Gasteiger partial charge in [0.05, 0.1) is 12.7 Å². The Morgan fingerprint density at radius 1 is 1.32 bits per heavy atom. The van der Waals surface area contributed by atoms with Gasteiger partial charge in [0.25, 0.3) is 0 Å². The lowest BCUT2D eigenvalue weighted by molar-refractivity contribution is 0.0601. The molecule has 19 heavy (non-hydrogen) atoms. The van der Waals surface area contributed by atoms with Gasteiger partial charge in [-0.15, -0.1) is 0 Å². The van der Waals surface area contributed by atoms with Crippen LogP contribution in [-0.2, 0) is 4.74 Å². The van der Waals surface area contributed by atoms with Crippen molar-refractivity contribution in [3.05, 3.63) is 41.0 Å². The van der Waals surface area contributed by atoms with Crippen LogP contribution in [0.3, 0.4) is 0 Å². The molecule has 0 unspecified atom stereocenters. The Labute approximate surface area is 113 Å². The van der Waals surface area contributed by atoms with Crippen LogP contribution in [0.25, 0.3) is 6.08 Å². The zero-order valence-corrected chi connectivity index (χ0v) is 11.3. The molecule has 2 aliphatic rings. The van der Waals surface area contributed by atoms with E-state index < -0.39 is 0 Å². The van der Waals surface area contributed by atoms with E-state index in [1.807, 2.05) is 24.3 Å². The Morgan fingerprint density at radius 3 is 2.58 bits per heavy atom. The standard InChI is InChI=1S/C16H19NO2/c1-19-16(18)15-6-4-12(5-7-15)8-14-10-17(11-14)9-13-2-3-13/h4-8,13H,2-3,9-11H2,1H3. The summed E-state index contributed by atoms with van der Waals surface area (Å²) in [6.07, 6.45) is 5.07. The average Bonchev–Trinajstić information content (AvgIpc) is 3.20. The lowest BCUT2D eigenvalue weighted by atomic mass is 10.0. The van der Waals surface area contributed by atoms with E-state index in [4.69, 9.17) is 0 Å². The van der Waals surface area contributed by atoms with Gasteiger partial charge in [-0.25, -0.2) is 4.79 Å². The summed E-state index contributed by atoms with van der Waals surface area (Å²) in [5.74, 6) is 0.694. The normalized spacial score (nSPS) is 18.9. The smallest absolute Gasteiger partial charge is 0.337 e. The molecular formula is C16H19NO2. The van der Waals surface area contributed by atoms with Gasteiger partial charge in [0.1, 0.15) is 0 Å². The van der Waals surface area contributed by atoms with E-state index in [0.29, 0.717) is 5.56 Å². The van der Waals surface area contributed by atoms with Crippen LogP contribution in [0, 0.1) is 5.92 Å². The number of carbonyl (C=O) groups excluding carboxylic acids is 1. The molecule has 0 amide bonds. The Balaban J connectivity index is 1.56. The summed E-state index contributed by atoms with van der Waals surface area (Å²) in [5.41, 5.74) is 3.24. The minimum absolute atomic E-state index is 0.279. The first-order valence-corrected chi connectivity index (χ1v) is 6.85. The summed E-state index contributed by atoms with van der Waals surface area (Å²) in [5, 5.41) is 0. The molecule has 100 valence electrons. The van der Waals surface area contributed by atoms with Crippen LogP contribution in [0.2, 0.25) is 0 Å². The fourth-order valence-electron chi connectivity index (χ4n) is 2.48. The molecule has 1 aliphatic carbocycles. The second-order valence-electron chi connectivity index (χ2n) is 5.53. The summed E-state index contributed by atoms with van der Waals surface area (Å²) >= 11 is 0. The molecular weight excluding hydrogens is 238 g/mol. The number of esters is 1. The van der Waals surface area contributed by atoms with Crippen molar-refractivity contribution >= 4 is 12.0 Å². The van der Waals surface area contributed by atoms with E-state index in [1.165, 1.54) is 32.1 Å². The van der Waals surface area contributed by atoms with Crippen molar-refractivity contribution in [2.75, 3.05) is 26.7 Å². The molecule has 1 heterocycles. The Kier molecular flexibility index (Phi) is 3.38. The van der Waals surface area contributed by atoms with Gasteiger partial charge in [-0.05, 0) is 42.0 Å². The molecule has 0 aromatic heterocycles. The molecule has 1 saturated carbocycles. The minimum atomic E-state index is -0.279. The summed E-state index contributed by atoms with van der Waals surface area (Å²) in [6, 6.07) is 7.59. The van der Waals surface area contributed by atoms with Crippen LogP contribution >= 0.6 is 0 Å². The quantitative estimate of drug-likeness (QED) is 0.776. The lowest BCUT2D eigenvalue weighted by Crippen LogP contribution is -2.41. The van der Waals surface area contributed by atoms with Crippen molar-refractivity contribution in [3.8, 4) is 0 Å². The third kappa shape index (κ3) is 3.04. The summed E-state index contributed by atoms with van der Waals surface area (Å²) < 4.78 is 4.69. The number of likely N-dealkylation sites (tertiary alicyclic amines) is 1. The molecule has 3 nitrogen and oxygen atoms in total. The van der Waals surface area contributed by atoms with Gasteiger partial charge in [-0.3, -0.25) is 4.90 Å². The second kappa shape index (κ2) is 5.17. The Hall–Kier alpha value is -1.61. The zero-order valence-electron chi connectivity index (χ0n) is 11.3. The highest BCUT2D eigenvalue weighted by Crippen LogP contribution is 2.32. The Morgan fingerprint density at radius 2 is 2.00 bits per heavy atom. The van der Waals surface area contributed by atoms with Gasteiger partial charge in [0.2, 0.25) is 0 Å². The molecule has 0 spiro atoms. The number of ether oxygens (including phenoxy) is 1. The van der Waals surface area contributed by atoms with Gasteiger partial charge in [-0.1, -0.05) is 18.2 Å². The van der Waals surface area contributed by atoms with Gasteiger partial charge >= 0.3 is 5.97 Å². The number of benzene rings is 1. The molecule has 0 radical (unpaired) electrons. The monoisotopic (exact) mass is 257 g/mol. The molecule has 0 atom stereocenters. The lowest BCUT2D eigenvalue weighted by Gasteiger charge is -2.34. The van der Waals surface area contributed by atoms with E-state index in [0.717, 1.165) is 24.6 Å². The maximum atomic E-state index is 11.3. The highest BCUT2D eigenvalue weighted by Gasteiger charge is 2.28. The number of hydrogen-bond donors (Lipinski definition) is 0. The summed E-state index contributed by atoms with van der Waals surface area (Å²) in [6.45, 7) is 3.49. The number of nitrogens with zero attached hydrogens (tertiary/aromatic N) is 1. The number of methoxy groups -OCH3 is 1. The fraction of sp³-hybridized carbons (Fsp3) is 0.438. The molecule has 3 heteroatoms. The average molecular weight is 257 g/mol. The van der Waals surface area contributed by atoms with Crippen molar-refractivity contribution in [2.45, 2.75) is 12.8 Å². The van der Waals surface area contributed by atoms with Crippen molar-refractivity contribution < 1.29 is 9.53 Å². The van der Waals surface area contributed by atoms with Crippen LogP contribution in [0.15, 0.2) is 29.8 Å². The molecule has 3 rings (SSSR count). The third-order valence-corrected chi connectivity index (χ3v) is 3.77. The molecule has 1 aromatic carbocycles. The van der Waals surface area contributed by atoms with E-state index >= 15 is 0 Å². The SMILES string of the molecule is COC(=O)c1ccc(C=C2CN(CC3CC3)C2)cc1. The van der Waals surface area contributed by atoms with Gasteiger partial charge in [-0.2, -0.15) is 0 Å². The first-order chi connectivity index (χ1) is 9.24. The predicted molar refractivity (Wildman–Crippen MR) is 74.9 cm³/mol. The van der Waals surface area contributed by atoms with E-state index in [-0.39, 0.29) is 5.97 Å². The predicted octanol–water partition coefficient (Wildman–Crippen LogP) is 2.58. The highest BCUT2D eigenvalue weighted by molar-refractivity contribution is 5.89.